The van der Waals surface area contributed by atoms with Crippen LogP contribution in [0.3, 0.4) is 0 Å². The van der Waals surface area contributed by atoms with E-state index in [1.807, 2.05) is 19.9 Å². The van der Waals surface area contributed by atoms with E-state index in [-0.39, 0.29) is 0 Å². The summed E-state index contributed by atoms with van der Waals surface area (Å²) >= 11 is 0. The first-order chi connectivity index (χ1) is 6.60. The molecule has 1 aromatic heterocycles. The van der Waals surface area contributed by atoms with Gasteiger partial charge in [-0.15, -0.1) is 0 Å². The molecule has 0 aliphatic heterocycles. The van der Waals surface area contributed by atoms with Crippen LogP contribution in [0, 0.1) is 0 Å². The van der Waals surface area contributed by atoms with E-state index >= 15 is 0 Å². The van der Waals surface area contributed by atoms with Gasteiger partial charge in [-0.05, 0) is 25.8 Å². The van der Waals surface area contributed by atoms with Gasteiger partial charge in [-0.25, -0.2) is 4.79 Å². The zero-order valence-corrected chi connectivity index (χ0v) is 8.82. The molecule has 4 heteroatoms. The lowest BCUT2D eigenvalue weighted by atomic mass is 10.2. The second-order valence-electron chi connectivity index (χ2n) is 3.29. The molecule has 0 fully saturated rings. The second-order valence-corrected chi connectivity index (χ2v) is 3.29. The number of aliphatic carboxylic acids is 1. The molecule has 0 bridgehead atoms. The summed E-state index contributed by atoms with van der Waals surface area (Å²) in [6.07, 6.45) is 1.65. The Hall–Kier alpha value is -1.32. The molecular formula is C10H16N2O2. The topological polar surface area (TPSA) is 55.1 Å². The van der Waals surface area contributed by atoms with Crippen molar-refractivity contribution < 1.29 is 9.90 Å². The number of carboxylic acids is 1. The van der Waals surface area contributed by atoms with Crippen LogP contribution in [0.1, 0.15) is 38.2 Å². The average Bonchev–Trinajstić information content (AvgIpc) is 2.59. The summed E-state index contributed by atoms with van der Waals surface area (Å²) in [5.41, 5.74) is 1.94. The summed E-state index contributed by atoms with van der Waals surface area (Å²) < 4.78 is 1.60. The first-order valence-electron chi connectivity index (χ1n) is 4.90. The molecule has 0 aliphatic rings. The maximum absolute atomic E-state index is 10.8. The summed E-state index contributed by atoms with van der Waals surface area (Å²) in [6.45, 7) is 5.66. The zero-order chi connectivity index (χ0) is 10.7. The summed E-state index contributed by atoms with van der Waals surface area (Å²) in [5, 5.41) is 13.1. The predicted octanol–water partition coefficient (Wildman–Crippen LogP) is 1.65. The number of hydrogen-bond acceptors (Lipinski definition) is 2. The lowest BCUT2D eigenvalue weighted by Gasteiger charge is -2.09. The summed E-state index contributed by atoms with van der Waals surface area (Å²) in [7, 11) is 0. The predicted molar refractivity (Wildman–Crippen MR) is 53.3 cm³/mol. The van der Waals surface area contributed by atoms with Crippen molar-refractivity contribution >= 4 is 5.97 Å². The van der Waals surface area contributed by atoms with Crippen LogP contribution in [0.2, 0.25) is 0 Å². The van der Waals surface area contributed by atoms with Crippen molar-refractivity contribution in [1.82, 2.24) is 9.78 Å². The average molecular weight is 196 g/mol. The van der Waals surface area contributed by atoms with Crippen LogP contribution < -0.4 is 0 Å². The third-order valence-corrected chi connectivity index (χ3v) is 2.31. The molecule has 0 spiro atoms. The molecule has 1 rings (SSSR count). The van der Waals surface area contributed by atoms with Gasteiger partial charge >= 0.3 is 5.97 Å². The maximum Gasteiger partial charge on any atom is 0.328 e. The number of hydrogen-bond donors (Lipinski definition) is 1. The molecule has 0 saturated carbocycles. The Morgan fingerprint density at radius 1 is 1.57 bits per heavy atom. The molecule has 0 amide bonds. The highest BCUT2D eigenvalue weighted by atomic mass is 16.4. The van der Waals surface area contributed by atoms with Crippen LogP contribution in [-0.4, -0.2) is 20.9 Å². The Bertz CT molecular complexity index is 331. The van der Waals surface area contributed by atoms with Crippen LogP contribution in [-0.2, 0) is 17.6 Å². The van der Waals surface area contributed by atoms with Crippen molar-refractivity contribution in [2.75, 3.05) is 0 Å². The Balaban J connectivity index is 3.05. The Morgan fingerprint density at radius 2 is 2.21 bits per heavy atom. The van der Waals surface area contributed by atoms with E-state index in [0.29, 0.717) is 0 Å². The first kappa shape index (κ1) is 10.8. The molecule has 0 aromatic carbocycles. The number of aryl methyl sites for hydroxylation is 2. The highest BCUT2D eigenvalue weighted by Gasteiger charge is 2.17. The molecule has 1 heterocycles. The van der Waals surface area contributed by atoms with E-state index in [4.69, 9.17) is 5.11 Å². The van der Waals surface area contributed by atoms with E-state index in [0.717, 1.165) is 24.2 Å². The molecule has 1 atom stereocenters. The van der Waals surface area contributed by atoms with Crippen LogP contribution >= 0.6 is 0 Å². The highest BCUT2D eigenvalue weighted by Crippen LogP contribution is 2.13. The summed E-state index contributed by atoms with van der Waals surface area (Å²) in [6, 6.07) is 1.39. The number of rotatable bonds is 4. The van der Waals surface area contributed by atoms with Gasteiger partial charge in [0, 0.05) is 5.69 Å². The largest absolute Gasteiger partial charge is 0.480 e. The van der Waals surface area contributed by atoms with Crippen LogP contribution in [0.4, 0.5) is 0 Å². The van der Waals surface area contributed by atoms with Gasteiger partial charge in [0.15, 0.2) is 0 Å². The zero-order valence-electron chi connectivity index (χ0n) is 8.82. The van der Waals surface area contributed by atoms with Crippen molar-refractivity contribution in [3.8, 4) is 0 Å². The Morgan fingerprint density at radius 3 is 2.64 bits per heavy atom. The normalized spacial score (nSPS) is 12.8. The minimum atomic E-state index is -0.842. The molecule has 0 saturated heterocycles. The first-order valence-corrected chi connectivity index (χ1v) is 4.90. The van der Waals surface area contributed by atoms with Crippen molar-refractivity contribution in [2.45, 2.75) is 39.7 Å². The molecule has 0 radical (unpaired) electrons. The van der Waals surface area contributed by atoms with Gasteiger partial charge in [0.1, 0.15) is 6.04 Å². The fourth-order valence-corrected chi connectivity index (χ4v) is 1.37. The Kier molecular flexibility index (Phi) is 3.28. The highest BCUT2D eigenvalue weighted by molar-refractivity contribution is 5.71. The standard InChI is InChI=1S/C10H16N2O2/c1-4-8-6-9(5-2)12(11-8)7(3)10(13)14/h6-7H,4-5H2,1-3H3,(H,13,14)/t7-/m1/s1. The van der Waals surface area contributed by atoms with Crippen molar-refractivity contribution in [3.05, 3.63) is 17.5 Å². The number of carboxylic acid groups (broad SMARTS) is 1. The van der Waals surface area contributed by atoms with E-state index in [2.05, 4.69) is 5.10 Å². The van der Waals surface area contributed by atoms with Crippen LogP contribution in [0.5, 0.6) is 0 Å². The Labute approximate surface area is 83.5 Å². The summed E-state index contributed by atoms with van der Waals surface area (Å²) in [5.74, 6) is -0.842. The van der Waals surface area contributed by atoms with Gasteiger partial charge in [-0.1, -0.05) is 13.8 Å². The lowest BCUT2D eigenvalue weighted by Crippen LogP contribution is -2.18. The lowest BCUT2D eigenvalue weighted by molar-refractivity contribution is -0.140. The van der Waals surface area contributed by atoms with Crippen LogP contribution in [0.15, 0.2) is 6.07 Å². The van der Waals surface area contributed by atoms with Gasteiger partial charge in [0.2, 0.25) is 0 Å². The third-order valence-electron chi connectivity index (χ3n) is 2.31. The maximum atomic E-state index is 10.8. The van der Waals surface area contributed by atoms with Gasteiger partial charge in [-0.2, -0.15) is 5.10 Å². The smallest absolute Gasteiger partial charge is 0.328 e. The molecule has 1 N–H and O–H groups in total. The quantitative estimate of drug-likeness (QED) is 0.796. The SMILES string of the molecule is CCc1cc(CC)n([C@H](C)C(=O)O)n1. The second kappa shape index (κ2) is 4.26. The van der Waals surface area contributed by atoms with Crippen molar-refractivity contribution in [3.63, 3.8) is 0 Å². The van der Waals surface area contributed by atoms with Crippen LogP contribution in [0.25, 0.3) is 0 Å². The molecule has 78 valence electrons. The molecule has 14 heavy (non-hydrogen) atoms. The van der Waals surface area contributed by atoms with E-state index in [1.165, 1.54) is 0 Å². The summed E-state index contributed by atoms with van der Waals surface area (Å²) in [4.78, 5) is 10.8. The van der Waals surface area contributed by atoms with Gasteiger partial charge in [0.25, 0.3) is 0 Å². The van der Waals surface area contributed by atoms with Crippen molar-refractivity contribution in [2.24, 2.45) is 0 Å². The molecule has 4 nitrogen and oxygen atoms in total. The molecule has 0 aliphatic carbocycles. The third kappa shape index (κ3) is 1.95. The van der Waals surface area contributed by atoms with Gasteiger partial charge < -0.3 is 5.11 Å². The van der Waals surface area contributed by atoms with Gasteiger partial charge in [0.05, 0.1) is 5.69 Å². The van der Waals surface area contributed by atoms with E-state index < -0.39 is 12.0 Å². The fourth-order valence-electron chi connectivity index (χ4n) is 1.37. The number of aromatic nitrogens is 2. The monoisotopic (exact) mass is 196 g/mol. The molecule has 0 unspecified atom stereocenters. The minimum absolute atomic E-state index is 0.578. The van der Waals surface area contributed by atoms with Gasteiger partial charge in [-0.3, -0.25) is 4.68 Å². The molecular weight excluding hydrogens is 180 g/mol. The molecule has 1 aromatic rings. The number of nitrogens with zero attached hydrogens (tertiary/aromatic N) is 2. The minimum Gasteiger partial charge on any atom is -0.480 e. The van der Waals surface area contributed by atoms with E-state index in [9.17, 15) is 4.79 Å². The number of carbonyl (C=O) groups is 1. The fraction of sp³-hybridized carbons (Fsp3) is 0.600. The van der Waals surface area contributed by atoms with E-state index in [1.54, 1.807) is 11.6 Å². The van der Waals surface area contributed by atoms with Crippen molar-refractivity contribution in [1.29, 1.82) is 0 Å².